The summed E-state index contributed by atoms with van der Waals surface area (Å²) in [5.41, 5.74) is 0.0847. The van der Waals surface area contributed by atoms with Gasteiger partial charge in [0, 0.05) is 11.9 Å². The van der Waals surface area contributed by atoms with E-state index in [9.17, 15) is 17.2 Å². The third kappa shape index (κ3) is 4.13. The molecule has 2 aromatic carbocycles. The van der Waals surface area contributed by atoms with Crippen molar-refractivity contribution in [2.75, 3.05) is 11.6 Å². The summed E-state index contributed by atoms with van der Waals surface area (Å²) in [5.74, 6) is 3.10. The molecule has 3 aromatic rings. The predicted octanol–water partition coefficient (Wildman–Crippen LogP) is 3.16. The van der Waals surface area contributed by atoms with Gasteiger partial charge in [0.2, 0.25) is 11.8 Å². The Balaban J connectivity index is 2.02. The van der Waals surface area contributed by atoms with Crippen molar-refractivity contribution in [3.63, 3.8) is 0 Å². The summed E-state index contributed by atoms with van der Waals surface area (Å²) in [6.07, 6.45) is 1.08. The average Bonchev–Trinajstić information content (AvgIpc) is 2.97. The molecule has 0 amide bonds. The topological polar surface area (TPSA) is 107 Å². The molecule has 7 nitrogen and oxygen atoms in total. The fourth-order valence-electron chi connectivity index (χ4n) is 2.37. The van der Waals surface area contributed by atoms with Crippen molar-refractivity contribution < 1.29 is 26.5 Å². The van der Waals surface area contributed by atoms with Crippen molar-refractivity contribution >= 4 is 21.4 Å². The van der Waals surface area contributed by atoms with Crippen molar-refractivity contribution in [2.24, 2.45) is 5.90 Å². The van der Waals surface area contributed by atoms with Gasteiger partial charge in [-0.05, 0) is 30.3 Å². The summed E-state index contributed by atoms with van der Waals surface area (Å²) in [5, 5.41) is 2.82. The molecule has 3 N–H and O–H groups in total. The van der Waals surface area contributed by atoms with Crippen LogP contribution in [-0.2, 0) is 21.3 Å². The molecular formula is C17H15F2N3O4S. The summed E-state index contributed by atoms with van der Waals surface area (Å²) < 4.78 is 56.8. The van der Waals surface area contributed by atoms with Crippen molar-refractivity contribution in [2.45, 2.75) is 11.5 Å². The van der Waals surface area contributed by atoms with Gasteiger partial charge in [-0.25, -0.2) is 28.1 Å². The largest absolute Gasteiger partial charge is 0.420 e. The molecule has 0 aliphatic heterocycles. The normalized spacial score (nSPS) is 11.6. The van der Waals surface area contributed by atoms with Crippen LogP contribution in [-0.4, -0.2) is 19.7 Å². The molecule has 1 aromatic heterocycles. The van der Waals surface area contributed by atoms with Crippen LogP contribution in [0.2, 0.25) is 0 Å². The summed E-state index contributed by atoms with van der Waals surface area (Å²) in [7, 11) is -3.42. The van der Waals surface area contributed by atoms with Gasteiger partial charge in [0.25, 0.3) is 0 Å². The quantitative estimate of drug-likeness (QED) is 0.617. The minimum atomic E-state index is -3.42. The smallest absolute Gasteiger partial charge is 0.235 e. The number of benzene rings is 2. The zero-order valence-corrected chi connectivity index (χ0v) is 14.9. The first-order chi connectivity index (χ1) is 12.8. The Morgan fingerprint density at radius 1 is 1.19 bits per heavy atom. The Bertz CT molecular complexity index is 1060. The summed E-state index contributed by atoms with van der Waals surface area (Å²) in [4.78, 5) is 8.66. The maximum atomic E-state index is 14.0. The van der Waals surface area contributed by atoms with Crippen molar-refractivity contribution in [3.05, 3.63) is 59.8 Å². The van der Waals surface area contributed by atoms with Crippen LogP contribution in [0.15, 0.2) is 51.8 Å². The lowest BCUT2D eigenvalue weighted by Gasteiger charge is -2.06. The standard InChI is InChI=1S/C17H15F2N3O4S/c1-27(23,24)11-5-2-4-10(8-11)21-16-14(9-25-20)22-17(26-16)15-12(18)6-3-7-13(15)19/h2-8,21H,9,20H2,1H3. The van der Waals surface area contributed by atoms with E-state index in [-0.39, 0.29) is 29.0 Å². The van der Waals surface area contributed by atoms with Crippen molar-refractivity contribution in [1.29, 1.82) is 0 Å². The molecule has 0 aliphatic carbocycles. The maximum absolute atomic E-state index is 14.0. The lowest BCUT2D eigenvalue weighted by Crippen LogP contribution is -2.02. The van der Waals surface area contributed by atoms with Crippen molar-refractivity contribution in [3.8, 4) is 11.5 Å². The van der Waals surface area contributed by atoms with Crippen LogP contribution >= 0.6 is 0 Å². The van der Waals surface area contributed by atoms with Crippen LogP contribution < -0.4 is 11.2 Å². The highest BCUT2D eigenvalue weighted by molar-refractivity contribution is 7.90. The van der Waals surface area contributed by atoms with Gasteiger partial charge in [0.1, 0.15) is 29.5 Å². The minimum Gasteiger partial charge on any atom is -0.420 e. The number of rotatable bonds is 6. The van der Waals surface area contributed by atoms with E-state index in [4.69, 9.17) is 10.3 Å². The lowest BCUT2D eigenvalue weighted by molar-refractivity contribution is 0.122. The van der Waals surface area contributed by atoms with E-state index in [0.29, 0.717) is 5.69 Å². The number of oxazole rings is 1. The van der Waals surface area contributed by atoms with Gasteiger partial charge in [-0.3, -0.25) is 4.84 Å². The van der Waals surface area contributed by atoms with E-state index >= 15 is 0 Å². The first-order valence-corrected chi connectivity index (χ1v) is 9.51. The third-order valence-corrected chi connectivity index (χ3v) is 4.72. The molecule has 0 unspecified atom stereocenters. The minimum absolute atomic E-state index is 0.0174. The Hall–Kier alpha value is -2.82. The molecule has 0 saturated heterocycles. The number of aromatic nitrogens is 1. The van der Waals surface area contributed by atoms with E-state index in [1.54, 1.807) is 6.07 Å². The fourth-order valence-corrected chi connectivity index (χ4v) is 3.04. The van der Waals surface area contributed by atoms with Gasteiger partial charge in [0.05, 0.1) is 4.90 Å². The first kappa shape index (κ1) is 19.0. The molecular weight excluding hydrogens is 380 g/mol. The van der Waals surface area contributed by atoms with Crippen LogP contribution in [0.4, 0.5) is 20.4 Å². The Kier molecular flexibility index (Phi) is 5.22. The summed E-state index contributed by atoms with van der Waals surface area (Å²) in [6.45, 7) is -0.201. The zero-order chi connectivity index (χ0) is 19.6. The number of nitrogens with one attached hydrogen (secondary N) is 1. The van der Waals surface area contributed by atoms with E-state index in [0.717, 1.165) is 18.4 Å². The third-order valence-electron chi connectivity index (χ3n) is 3.61. The number of anilines is 2. The number of nitrogens with zero attached hydrogens (tertiary/aromatic N) is 1. The molecule has 0 bridgehead atoms. The lowest BCUT2D eigenvalue weighted by atomic mass is 10.2. The maximum Gasteiger partial charge on any atom is 0.235 e. The van der Waals surface area contributed by atoms with Crippen LogP contribution in [0.5, 0.6) is 0 Å². The number of sulfone groups is 1. The average molecular weight is 395 g/mol. The van der Waals surface area contributed by atoms with Crippen LogP contribution in [0.1, 0.15) is 5.69 Å². The molecule has 142 valence electrons. The second-order valence-corrected chi connectivity index (χ2v) is 7.64. The number of hydrogen-bond acceptors (Lipinski definition) is 7. The second kappa shape index (κ2) is 7.43. The number of halogens is 2. The molecule has 27 heavy (non-hydrogen) atoms. The Morgan fingerprint density at radius 3 is 2.48 bits per heavy atom. The molecule has 0 atom stereocenters. The molecule has 0 radical (unpaired) electrons. The van der Waals surface area contributed by atoms with E-state index in [1.165, 1.54) is 24.3 Å². The highest BCUT2D eigenvalue weighted by atomic mass is 32.2. The Labute approximate surface area is 153 Å². The van der Waals surface area contributed by atoms with E-state index < -0.39 is 27.0 Å². The molecule has 0 fully saturated rings. The molecule has 1 heterocycles. The molecule has 3 rings (SSSR count). The SMILES string of the molecule is CS(=O)(=O)c1cccc(Nc2oc(-c3c(F)cccc3F)nc2CON)c1. The molecule has 0 spiro atoms. The monoisotopic (exact) mass is 395 g/mol. The van der Waals surface area contributed by atoms with Gasteiger partial charge < -0.3 is 9.73 Å². The first-order valence-electron chi connectivity index (χ1n) is 7.62. The highest BCUT2D eigenvalue weighted by Crippen LogP contribution is 2.32. The van der Waals surface area contributed by atoms with Crippen LogP contribution in [0.25, 0.3) is 11.5 Å². The van der Waals surface area contributed by atoms with Crippen LogP contribution in [0.3, 0.4) is 0 Å². The zero-order valence-electron chi connectivity index (χ0n) is 14.1. The van der Waals surface area contributed by atoms with Crippen molar-refractivity contribution in [1.82, 2.24) is 4.98 Å². The van der Waals surface area contributed by atoms with Gasteiger partial charge in [-0.2, -0.15) is 0 Å². The molecule has 0 saturated carbocycles. The van der Waals surface area contributed by atoms with Gasteiger partial charge in [-0.15, -0.1) is 0 Å². The second-order valence-electron chi connectivity index (χ2n) is 5.63. The van der Waals surface area contributed by atoms with E-state index in [1.807, 2.05) is 0 Å². The summed E-state index contributed by atoms with van der Waals surface area (Å²) in [6, 6.07) is 9.31. The highest BCUT2D eigenvalue weighted by Gasteiger charge is 2.21. The van der Waals surface area contributed by atoms with Gasteiger partial charge >= 0.3 is 0 Å². The predicted molar refractivity (Wildman–Crippen MR) is 93.7 cm³/mol. The summed E-state index contributed by atoms with van der Waals surface area (Å²) >= 11 is 0. The fraction of sp³-hybridized carbons (Fsp3) is 0.118. The molecule has 10 heteroatoms. The number of hydrogen-bond donors (Lipinski definition) is 2. The van der Waals surface area contributed by atoms with E-state index in [2.05, 4.69) is 15.1 Å². The molecule has 0 aliphatic rings. The van der Waals surface area contributed by atoms with Gasteiger partial charge in [-0.1, -0.05) is 12.1 Å². The number of nitrogens with two attached hydrogens (primary N) is 1. The van der Waals surface area contributed by atoms with Gasteiger partial charge in [0.15, 0.2) is 9.84 Å². The Morgan fingerprint density at radius 2 is 1.85 bits per heavy atom. The van der Waals surface area contributed by atoms with Crippen LogP contribution in [0, 0.1) is 11.6 Å².